The van der Waals surface area contributed by atoms with Crippen molar-refractivity contribution in [3.05, 3.63) is 90.0 Å². The van der Waals surface area contributed by atoms with Crippen LogP contribution in [0.2, 0.25) is 0 Å². The van der Waals surface area contributed by atoms with Crippen molar-refractivity contribution < 1.29 is 18.0 Å². The van der Waals surface area contributed by atoms with Crippen LogP contribution in [0.5, 0.6) is 0 Å². The molecule has 172 valence electrons. The Balaban J connectivity index is 1.46. The largest absolute Gasteiger partial charge is 0.416 e. The number of aromatic nitrogens is 4. The highest BCUT2D eigenvalue weighted by Crippen LogP contribution is 2.36. The Kier molecular flexibility index (Phi) is 5.27. The van der Waals surface area contributed by atoms with Crippen LogP contribution in [0, 0.1) is 6.92 Å². The van der Waals surface area contributed by atoms with Gasteiger partial charge in [0.2, 0.25) is 0 Å². The molecule has 2 aromatic carbocycles. The number of fused-ring (bicyclic) bond motifs is 1. The zero-order chi connectivity index (χ0) is 23.9. The van der Waals surface area contributed by atoms with E-state index in [1.54, 1.807) is 37.6 Å². The number of hydrogen-bond acceptors (Lipinski definition) is 5. The van der Waals surface area contributed by atoms with Crippen LogP contribution in [0.25, 0.3) is 5.69 Å². The number of carbonyl (C=O) groups excluding carboxylic acids is 1. The van der Waals surface area contributed by atoms with Crippen molar-refractivity contribution in [1.29, 1.82) is 0 Å². The topological polar surface area (TPSA) is 75.9 Å². The molecule has 10 heteroatoms. The lowest BCUT2D eigenvalue weighted by Crippen LogP contribution is -2.16. The van der Waals surface area contributed by atoms with Crippen LogP contribution in [-0.2, 0) is 12.6 Å². The minimum absolute atomic E-state index is 0.0370. The maximum Gasteiger partial charge on any atom is 0.416 e. The average molecular weight is 464 g/mol. The van der Waals surface area contributed by atoms with E-state index in [4.69, 9.17) is 0 Å². The number of amides is 1. The number of anilines is 3. The first kappa shape index (κ1) is 21.6. The number of alkyl halides is 3. The van der Waals surface area contributed by atoms with E-state index >= 15 is 0 Å². The number of benzene rings is 2. The van der Waals surface area contributed by atoms with E-state index in [1.165, 1.54) is 23.3 Å². The lowest BCUT2D eigenvalue weighted by molar-refractivity contribution is -0.137. The molecule has 1 aliphatic heterocycles. The van der Waals surface area contributed by atoms with Crippen LogP contribution in [0.3, 0.4) is 0 Å². The summed E-state index contributed by atoms with van der Waals surface area (Å²) in [5, 5.41) is 2.62. The third-order valence-corrected chi connectivity index (χ3v) is 5.61. The Hall–Kier alpha value is -4.21. The number of nitrogens with one attached hydrogen (secondary N) is 1. The molecule has 0 radical (unpaired) electrons. The van der Waals surface area contributed by atoms with Gasteiger partial charge in [-0.3, -0.25) is 4.79 Å². The van der Waals surface area contributed by atoms with E-state index in [0.717, 1.165) is 42.0 Å². The lowest BCUT2D eigenvalue weighted by Gasteiger charge is -2.19. The number of imidazole rings is 1. The fraction of sp³-hybridized carbons (Fsp3) is 0.167. The number of rotatable bonds is 4. The molecule has 0 saturated carbocycles. The second-order valence-corrected chi connectivity index (χ2v) is 7.98. The van der Waals surface area contributed by atoms with Gasteiger partial charge >= 0.3 is 6.18 Å². The fourth-order valence-corrected chi connectivity index (χ4v) is 3.98. The second-order valence-electron chi connectivity index (χ2n) is 7.98. The molecule has 3 heterocycles. The Morgan fingerprint density at radius 3 is 2.56 bits per heavy atom. The zero-order valence-corrected chi connectivity index (χ0v) is 18.0. The van der Waals surface area contributed by atoms with Gasteiger partial charge in [0.15, 0.2) is 0 Å². The van der Waals surface area contributed by atoms with Crippen LogP contribution < -0.4 is 10.2 Å². The van der Waals surface area contributed by atoms with E-state index in [2.05, 4.69) is 20.3 Å². The predicted molar refractivity (Wildman–Crippen MR) is 120 cm³/mol. The molecule has 1 aliphatic rings. The van der Waals surface area contributed by atoms with Gasteiger partial charge in [-0.15, -0.1) is 0 Å². The lowest BCUT2D eigenvalue weighted by atomic mass is 10.1. The van der Waals surface area contributed by atoms with Gasteiger partial charge in [-0.05, 0) is 49.2 Å². The maximum atomic E-state index is 13.5. The summed E-state index contributed by atoms with van der Waals surface area (Å²) in [5.74, 6) is -0.508. The molecular weight excluding hydrogens is 445 g/mol. The van der Waals surface area contributed by atoms with Gasteiger partial charge in [0.25, 0.3) is 5.91 Å². The highest BCUT2D eigenvalue weighted by Gasteiger charge is 2.32. The first-order chi connectivity index (χ1) is 16.3. The molecule has 2 aromatic heterocycles. The van der Waals surface area contributed by atoms with Crippen LogP contribution in [0.4, 0.5) is 30.2 Å². The Morgan fingerprint density at radius 1 is 1.06 bits per heavy atom. The molecule has 0 spiro atoms. The van der Waals surface area contributed by atoms with E-state index in [9.17, 15) is 18.0 Å². The van der Waals surface area contributed by atoms with Crippen molar-refractivity contribution in [3.8, 4) is 5.69 Å². The van der Waals surface area contributed by atoms with Crippen LogP contribution in [-0.4, -0.2) is 32.0 Å². The molecule has 0 bridgehead atoms. The van der Waals surface area contributed by atoms with Crippen molar-refractivity contribution >= 4 is 23.0 Å². The predicted octanol–water partition coefficient (Wildman–Crippen LogP) is 4.94. The molecule has 0 aliphatic carbocycles. The smallest absolute Gasteiger partial charge is 0.338 e. The number of aryl methyl sites for hydroxylation is 1. The molecule has 7 nitrogen and oxygen atoms in total. The summed E-state index contributed by atoms with van der Waals surface area (Å²) >= 11 is 0. The van der Waals surface area contributed by atoms with Crippen molar-refractivity contribution in [1.82, 2.24) is 19.5 Å². The second kappa shape index (κ2) is 8.29. The third kappa shape index (κ3) is 4.21. The standard InChI is InChI=1S/C24H19F3N6O/c1-15-12-32(14-30-15)20-8-18(24(25,26)27)7-19(9-20)31-23(34)17-3-2-16-4-5-33(22(16)6-17)21-10-28-13-29-11-21/h2-3,6-14H,4-5H2,1H3,(H,31,34). The van der Waals surface area contributed by atoms with Gasteiger partial charge in [0.05, 0.1) is 35.7 Å². The molecule has 1 N–H and O–H groups in total. The summed E-state index contributed by atoms with van der Waals surface area (Å²) in [7, 11) is 0. The molecule has 1 amide bonds. The van der Waals surface area contributed by atoms with Gasteiger partial charge in [0.1, 0.15) is 6.33 Å². The molecule has 4 aromatic rings. The van der Waals surface area contributed by atoms with Crippen LogP contribution in [0.1, 0.15) is 27.2 Å². The van der Waals surface area contributed by atoms with E-state index < -0.39 is 17.6 Å². The summed E-state index contributed by atoms with van der Waals surface area (Å²) in [6, 6.07) is 8.69. The summed E-state index contributed by atoms with van der Waals surface area (Å²) in [4.78, 5) is 27.2. The molecule has 5 rings (SSSR count). The molecule has 0 fully saturated rings. The van der Waals surface area contributed by atoms with E-state index in [1.807, 2.05) is 11.0 Å². The minimum Gasteiger partial charge on any atom is -0.338 e. The van der Waals surface area contributed by atoms with E-state index in [-0.39, 0.29) is 11.4 Å². The molecule has 34 heavy (non-hydrogen) atoms. The summed E-state index contributed by atoms with van der Waals surface area (Å²) in [5.41, 5.74) is 3.13. The van der Waals surface area contributed by atoms with Crippen molar-refractivity contribution in [3.63, 3.8) is 0 Å². The fourth-order valence-electron chi connectivity index (χ4n) is 3.98. The highest BCUT2D eigenvalue weighted by atomic mass is 19.4. The first-order valence-corrected chi connectivity index (χ1v) is 10.5. The van der Waals surface area contributed by atoms with Gasteiger partial charge in [-0.25, -0.2) is 15.0 Å². The van der Waals surface area contributed by atoms with Crippen molar-refractivity contribution in [2.75, 3.05) is 16.8 Å². The van der Waals surface area contributed by atoms with Gasteiger partial charge < -0.3 is 14.8 Å². The van der Waals surface area contributed by atoms with Gasteiger partial charge in [-0.2, -0.15) is 13.2 Å². The normalized spacial score (nSPS) is 13.1. The summed E-state index contributed by atoms with van der Waals surface area (Å²) in [6.07, 6.45) is 4.10. The number of hydrogen-bond donors (Lipinski definition) is 1. The van der Waals surface area contributed by atoms with Gasteiger partial charge in [0, 0.05) is 35.4 Å². The number of nitrogens with zero attached hydrogens (tertiary/aromatic N) is 5. The molecular formula is C24H19F3N6O. The monoisotopic (exact) mass is 464 g/mol. The number of carbonyl (C=O) groups is 1. The first-order valence-electron chi connectivity index (χ1n) is 10.5. The van der Waals surface area contributed by atoms with Gasteiger partial charge in [-0.1, -0.05) is 6.07 Å². The van der Waals surface area contributed by atoms with Crippen molar-refractivity contribution in [2.24, 2.45) is 0 Å². The SMILES string of the molecule is Cc1cn(-c2cc(NC(=O)c3ccc4c(c3)N(c3cncnc3)CC4)cc(C(F)(F)F)c2)cn1. The summed E-state index contributed by atoms with van der Waals surface area (Å²) in [6.45, 7) is 2.46. The number of halogens is 3. The zero-order valence-electron chi connectivity index (χ0n) is 18.0. The molecule has 0 unspecified atom stereocenters. The average Bonchev–Trinajstić information content (AvgIpc) is 3.44. The van der Waals surface area contributed by atoms with Crippen LogP contribution >= 0.6 is 0 Å². The Labute approximate surface area is 192 Å². The third-order valence-electron chi connectivity index (χ3n) is 5.61. The highest BCUT2D eigenvalue weighted by molar-refractivity contribution is 6.05. The summed E-state index contributed by atoms with van der Waals surface area (Å²) < 4.78 is 42.1. The molecule has 0 saturated heterocycles. The maximum absolute atomic E-state index is 13.5. The van der Waals surface area contributed by atoms with E-state index in [0.29, 0.717) is 11.3 Å². The molecule has 0 atom stereocenters. The quantitative estimate of drug-likeness (QED) is 0.463. The Morgan fingerprint density at radius 2 is 1.85 bits per heavy atom. The van der Waals surface area contributed by atoms with Crippen molar-refractivity contribution in [2.45, 2.75) is 19.5 Å². The van der Waals surface area contributed by atoms with Crippen LogP contribution in [0.15, 0.2) is 67.6 Å². The Bertz CT molecular complexity index is 1370. The minimum atomic E-state index is -4.57.